The van der Waals surface area contributed by atoms with Crippen LogP contribution < -0.4 is 5.73 Å². The number of hydrogen-bond donors (Lipinski definition) is 3. The molecule has 3 rings (SSSR count). The van der Waals surface area contributed by atoms with E-state index in [9.17, 15) is 5.11 Å². The molecule has 1 aliphatic rings. The van der Waals surface area contributed by atoms with Crippen molar-refractivity contribution in [2.75, 3.05) is 0 Å². The molecule has 3 heteroatoms. The number of H-pyrrole nitrogens is 1. The van der Waals surface area contributed by atoms with Gasteiger partial charge in [-0.1, -0.05) is 12.1 Å². The first-order valence-electron chi connectivity index (χ1n) is 4.80. The van der Waals surface area contributed by atoms with Gasteiger partial charge in [0.15, 0.2) is 0 Å². The maximum absolute atomic E-state index is 9.92. The standard InChI is InChI=1S/C11H12N2O/c12-8-4-6-5-13-9-3-1-2-7(10(6)9)11(8)14/h1-3,5,8,11,13-14H,4,12H2/t8-,11-/m0/s1. The van der Waals surface area contributed by atoms with E-state index in [-0.39, 0.29) is 6.04 Å². The predicted molar refractivity (Wildman–Crippen MR) is 54.9 cm³/mol. The normalized spacial score (nSPS) is 25.6. The van der Waals surface area contributed by atoms with Gasteiger partial charge in [-0.15, -0.1) is 0 Å². The summed E-state index contributed by atoms with van der Waals surface area (Å²) in [7, 11) is 0. The van der Waals surface area contributed by atoms with Gasteiger partial charge in [-0.25, -0.2) is 0 Å². The van der Waals surface area contributed by atoms with Crippen LogP contribution in [0.15, 0.2) is 24.4 Å². The molecule has 2 aromatic rings. The molecule has 14 heavy (non-hydrogen) atoms. The molecule has 0 fully saturated rings. The van der Waals surface area contributed by atoms with Crippen LogP contribution in [0.3, 0.4) is 0 Å². The molecule has 0 bridgehead atoms. The minimum Gasteiger partial charge on any atom is -0.387 e. The molecule has 0 radical (unpaired) electrons. The van der Waals surface area contributed by atoms with Crippen LogP contribution in [0, 0.1) is 0 Å². The molecule has 1 aromatic heterocycles. The minimum absolute atomic E-state index is 0.177. The summed E-state index contributed by atoms with van der Waals surface area (Å²) in [5.41, 5.74) is 9.12. The fourth-order valence-electron chi connectivity index (χ4n) is 2.29. The summed E-state index contributed by atoms with van der Waals surface area (Å²) in [5.74, 6) is 0. The van der Waals surface area contributed by atoms with Crippen molar-refractivity contribution in [3.8, 4) is 0 Å². The van der Waals surface area contributed by atoms with Crippen molar-refractivity contribution in [1.82, 2.24) is 4.98 Å². The molecular formula is C11H12N2O. The fraction of sp³-hybridized carbons (Fsp3) is 0.273. The Morgan fingerprint density at radius 3 is 3.14 bits per heavy atom. The van der Waals surface area contributed by atoms with Gasteiger partial charge >= 0.3 is 0 Å². The molecule has 1 aromatic carbocycles. The number of nitrogens with one attached hydrogen (secondary N) is 1. The van der Waals surface area contributed by atoms with Crippen molar-refractivity contribution >= 4 is 10.9 Å². The number of hydrogen-bond acceptors (Lipinski definition) is 2. The van der Waals surface area contributed by atoms with Crippen molar-refractivity contribution in [3.63, 3.8) is 0 Å². The Labute approximate surface area is 81.5 Å². The van der Waals surface area contributed by atoms with Crippen molar-refractivity contribution in [2.24, 2.45) is 5.73 Å². The number of aliphatic hydroxyl groups is 1. The zero-order valence-corrected chi connectivity index (χ0v) is 7.70. The van der Waals surface area contributed by atoms with E-state index in [2.05, 4.69) is 4.98 Å². The van der Waals surface area contributed by atoms with Crippen molar-refractivity contribution in [1.29, 1.82) is 0 Å². The van der Waals surface area contributed by atoms with Gasteiger partial charge < -0.3 is 15.8 Å². The zero-order chi connectivity index (χ0) is 9.71. The summed E-state index contributed by atoms with van der Waals surface area (Å²) in [5, 5.41) is 11.1. The summed E-state index contributed by atoms with van der Waals surface area (Å²) in [6.45, 7) is 0. The molecule has 72 valence electrons. The van der Waals surface area contributed by atoms with E-state index in [1.54, 1.807) is 0 Å². The monoisotopic (exact) mass is 188 g/mol. The van der Waals surface area contributed by atoms with Crippen molar-refractivity contribution in [3.05, 3.63) is 35.5 Å². The third-order valence-electron chi connectivity index (χ3n) is 3.00. The van der Waals surface area contributed by atoms with E-state index in [0.29, 0.717) is 0 Å². The van der Waals surface area contributed by atoms with Gasteiger partial charge in [-0.2, -0.15) is 0 Å². The highest BCUT2D eigenvalue weighted by atomic mass is 16.3. The average molecular weight is 188 g/mol. The molecule has 0 saturated carbocycles. The second-order valence-electron chi connectivity index (χ2n) is 3.90. The maximum atomic E-state index is 9.92. The lowest BCUT2D eigenvalue weighted by Gasteiger charge is -2.24. The maximum Gasteiger partial charge on any atom is 0.0950 e. The molecule has 4 N–H and O–H groups in total. The van der Waals surface area contributed by atoms with Crippen LogP contribution in [-0.2, 0) is 6.42 Å². The zero-order valence-electron chi connectivity index (χ0n) is 7.70. The topological polar surface area (TPSA) is 62.0 Å². The van der Waals surface area contributed by atoms with E-state index in [1.165, 1.54) is 5.56 Å². The smallest absolute Gasteiger partial charge is 0.0950 e. The summed E-state index contributed by atoms with van der Waals surface area (Å²) in [6.07, 6.45) is 2.21. The van der Waals surface area contributed by atoms with Crippen LogP contribution in [0.25, 0.3) is 10.9 Å². The lowest BCUT2D eigenvalue weighted by Crippen LogP contribution is -2.33. The van der Waals surface area contributed by atoms with Crippen LogP contribution in [0.5, 0.6) is 0 Å². The molecule has 1 heterocycles. The number of aromatic amines is 1. The number of nitrogens with two attached hydrogens (primary N) is 1. The lowest BCUT2D eigenvalue weighted by atomic mass is 9.87. The molecule has 0 aliphatic heterocycles. The van der Waals surface area contributed by atoms with Gasteiger partial charge in [0, 0.05) is 23.1 Å². The summed E-state index contributed by atoms with van der Waals surface area (Å²) < 4.78 is 0. The number of benzene rings is 1. The summed E-state index contributed by atoms with van der Waals surface area (Å²) in [6, 6.07) is 5.73. The van der Waals surface area contributed by atoms with Gasteiger partial charge in [0.05, 0.1) is 6.10 Å². The van der Waals surface area contributed by atoms with E-state index in [1.807, 2.05) is 24.4 Å². The van der Waals surface area contributed by atoms with Gasteiger partial charge in [-0.05, 0) is 23.6 Å². The van der Waals surface area contributed by atoms with E-state index >= 15 is 0 Å². The van der Waals surface area contributed by atoms with Gasteiger partial charge in [0.1, 0.15) is 0 Å². The Morgan fingerprint density at radius 1 is 1.43 bits per heavy atom. The lowest BCUT2D eigenvalue weighted by molar-refractivity contribution is 0.145. The molecule has 1 aliphatic carbocycles. The second-order valence-corrected chi connectivity index (χ2v) is 3.90. The van der Waals surface area contributed by atoms with Crippen LogP contribution in [0.4, 0.5) is 0 Å². The largest absolute Gasteiger partial charge is 0.387 e. The predicted octanol–water partition coefficient (Wildman–Crippen LogP) is 1.08. The Morgan fingerprint density at radius 2 is 2.29 bits per heavy atom. The third-order valence-corrected chi connectivity index (χ3v) is 3.00. The first-order chi connectivity index (χ1) is 6.77. The summed E-state index contributed by atoms with van der Waals surface area (Å²) in [4.78, 5) is 3.19. The fourth-order valence-corrected chi connectivity index (χ4v) is 2.29. The molecule has 0 spiro atoms. The van der Waals surface area contributed by atoms with E-state index < -0.39 is 6.10 Å². The van der Waals surface area contributed by atoms with Gasteiger partial charge in [0.2, 0.25) is 0 Å². The van der Waals surface area contributed by atoms with E-state index in [4.69, 9.17) is 5.73 Å². The van der Waals surface area contributed by atoms with Gasteiger partial charge in [0.25, 0.3) is 0 Å². The third kappa shape index (κ3) is 0.882. The Balaban J connectivity index is 2.39. The quantitative estimate of drug-likeness (QED) is 0.579. The van der Waals surface area contributed by atoms with E-state index in [0.717, 1.165) is 22.9 Å². The van der Waals surface area contributed by atoms with Crippen LogP contribution in [0.1, 0.15) is 17.2 Å². The summed E-state index contributed by atoms with van der Waals surface area (Å²) >= 11 is 0. The van der Waals surface area contributed by atoms with Crippen molar-refractivity contribution < 1.29 is 5.11 Å². The molecule has 0 unspecified atom stereocenters. The second kappa shape index (κ2) is 2.59. The molecule has 2 atom stereocenters. The highest BCUT2D eigenvalue weighted by Crippen LogP contribution is 2.34. The molecular weight excluding hydrogens is 176 g/mol. The first kappa shape index (κ1) is 8.03. The molecule has 0 amide bonds. The average Bonchev–Trinajstić information content (AvgIpc) is 2.59. The highest BCUT2D eigenvalue weighted by molar-refractivity contribution is 5.88. The first-order valence-corrected chi connectivity index (χ1v) is 4.80. The Bertz CT molecular complexity index is 489. The van der Waals surface area contributed by atoms with Crippen LogP contribution >= 0.6 is 0 Å². The number of aromatic nitrogens is 1. The molecule has 3 nitrogen and oxygen atoms in total. The number of aliphatic hydroxyl groups excluding tert-OH is 1. The minimum atomic E-state index is -0.526. The van der Waals surface area contributed by atoms with Crippen molar-refractivity contribution in [2.45, 2.75) is 18.6 Å². The van der Waals surface area contributed by atoms with Crippen LogP contribution in [-0.4, -0.2) is 16.1 Å². The van der Waals surface area contributed by atoms with Gasteiger partial charge in [-0.3, -0.25) is 0 Å². The number of rotatable bonds is 0. The Kier molecular flexibility index (Phi) is 1.48. The molecule has 0 saturated heterocycles. The SMILES string of the molecule is N[C@H]1Cc2c[nH]c3cccc(c23)[C@@H]1O. The Hall–Kier alpha value is -1.32. The van der Waals surface area contributed by atoms with Crippen LogP contribution in [0.2, 0.25) is 0 Å². The highest BCUT2D eigenvalue weighted by Gasteiger charge is 2.26.